The van der Waals surface area contributed by atoms with Crippen LogP contribution in [0.2, 0.25) is 0 Å². The largest absolute Gasteiger partial charge is 0.497 e. The number of benzene rings is 2. The maximum Gasteiger partial charge on any atom is 0.261 e. The number of rotatable bonds is 7. The van der Waals surface area contributed by atoms with Crippen LogP contribution in [0.3, 0.4) is 0 Å². The average molecular weight is 370 g/mol. The fourth-order valence-electron chi connectivity index (χ4n) is 2.82. The first kappa shape index (κ1) is 20.8. The highest BCUT2D eigenvalue weighted by atomic mass is 16.5. The van der Waals surface area contributed by atoms with E-state index in [4.69, 9.17) is 9.47 Å². The van der Waals surface area contributed by atoms with Gasteiger partial charge in [0, 0.05) is 6.07 Å². The van der Waals surface area contributed by atoms with E-state index >= 15 is 0 Å². The molecular formula is C23H31NO3. The van der Waals surface area contributed by atoms with Gasteiger partial charge in [-0.15, -0.1) is 0 Å². The normalized spacial score (nSPS) is 13.6. The molecule has 1 amide bonds. The molecule has 1 N–H and O–H groups in total. The van der Waals surface area contributed by atoms with E-state index in [2.05, 4.69) is 50.4 Å². The van der Waals surface area contributed by atoms with Crippen LogP contribution in [0.1, 0.15) is 58.2 Å². The van der Waals surface area contributed by atoms with Crippen molar-refractivity contribution in [3.63, 3.8) is 0 Å². The van der Waals surface area contributed by atoms with Crippen molar-refractivity contribution < 1.29 is 14.3 Å². The molecule has 4 nitrogen and oxygen atoms in total. The summed E-state index contributed by atoms with van der Waals surface area (Å²) >= 11 is 0. The summed E-state index contributed by atoms with van der Waals surface area (Å²) in [6.07, 6.45) is 0.0343. The lowest BCUT2D eigenvalue weighted by molar-refractivity contribution is -0.128. The van der Waals surface area contributed by atoms with Crippen LogP contribution in [-0.2, 0) is 10.2 Å². The summed E-state index contributed by atoms with van der Waals surface area (Å²) in [6.45, 7) is 10.5. The third kappa shape index (κ3) is 5.75. The first-order chi connectivity index (χ1) is 12.7. The van der Waals surface area contributed by atoms with Crippen LogP contribution in [0.4, 0.5) is 0 Å². The molecule has 2 rings (SSSR count). The Morgan fingerprint density at radius 2 is 1.70 bits per heavy atom. The lowest BCUT2D eigenvalue weighted by Gasteiger charge is -2.22. The summed E-state index contributed by atoms with van der Waals surface area (Å²) in [5.74, 6) is 1.21. The minimum atomic E-state index is -0.548. The molecule has 4 heteroatoms. The van der Waals surface area contributed by atoms with Crippen LogP contribution in [0, 0.1) is 0 Å². The van der Waals surface area contributed by atoms with E-state index in [1.165, 1.54) is 5.56 Å². The highest BCUT2D eigenvalue weighted by Gasteiger charge is 2.21. The maximum absolute atomic E-state index is 12.7. The first-order valence-corrected chi connectivity index (χ1v) is 9.46. The second-order valence-electron chi connectivity index (χ2n) is 7.80. The van der Waals surface area contributed by atoms with Crippen molar-refractivity contribution in [2.45, 2.75) is 58.6 Å². The van der Waals surface area contributed by atoms with Crippen molar-refractivity contribution in [3.05, 3.63) is 59.7 Å². The molecule has 0 aliphatic carbocycles. The van der Waals surface area contributed by atoms with Crippen molar-refractivity contribution in [2.75, 3.05) is 7.11 Å². The van der Waals surface area contributed by atoms with Gasteiger partial charge in [-0.25, -0.2) is 0 Å². The van der Waals surface area contributed by atoms with Crippen LogP contribution in [0.15, 0.2) is 48.5 Å². The molecule has 2 aromatic carbocycles. The molecular weight excluding hydrogens is 338 g/mol. The Bertz CT molecular complexity index is 747. The van der Waals surface area contributed by atoms with Gasteiger partial charge in [0.2, 0.25) is 0 Å². The van der Waals surface area contributed by atoms with Gasteiger partial charge in [-0.1, -0.05) is 58.0 Å². The average Bonchev–Trinajstić information content (AvgIpc) is 2.65. The van der Waals surface area contributed by atoms with E-state index < -0.39 is 6.10 Å². The van der Waals surface area contributed by atoms with Gasteiger partial charge in [0.05, 0.1) is 13.2 Å². The van der Waals surface area contributed by atoms with Gasteiger partial charge in [-0.2, -0.15) is 0 Å². The highest BCUT2D eigenvalue weighted by molar-refractivity contribution is 5.81. The Labute approximate surface area is 162 Å². The van der Waals surface area contributed by atoms with Gasteiger partial charge >= 0.3 is 0 Å². The number of carbonyl (C=O) groups is 1. The second kappa shape index (κ2) is 8.94. The molecule has 2 atom stereocenters. The number of amides is 1. The summed E-state index contributed by atoms with van der Waals surface area (Å²) in [5, 5.41) is 3.06. The molecule has 2 aromatic rings. The second-order valence-corrected chi connectivity index (χ2v) is 7.80. The van der Waals surface area contributed by atoms with Crippen LogP contribution in [0.25, 0.3) is 0 Å². The zero-order valence-corrected chi connectivity index (χ0v) is 17.2. The van der Waals surface area contributed by atoms with Crippen molar-refractivity contribution in [1.82, 2.24) is 5.32 Å². The molecule has 0 fully saturated rings. The number of nitrogens with one attached hydrogen (secondary N) is 1. The highest BCUT2D eigenvalue weighted by Crippen LogP contribution is 2.24. The lowest BCUT2D eigenvalue weighted by Crippen LogP contribution is -2.39. The topological polar surface area (TPSA) is 47.6 Å². The van der Waals surface area contributed by atoms with Crippen LogP contribution >= 0.6 is 0 Å². The van der Waals surface area contributed by atoms with Gasteiger partial charge in [0.1, 0.15) is 11.5 Å². The molecule has 0 aliphatic heterocycles. The summed E-state index contributed by atoms with van der Waals surface area (Å²) in [5.41, 5.74) is 2.47. The summed E-state index contributed by atoms with van der Waals surface area (Å²) in [6, 6.07) is 15.6. The van der Waals surface area contributed by atoms with Crippen LogP contribution < -0.4 is 14.8 Å². The lowest BCUT2D eigenvalue weighted by atomic mass is 9.86. The Balaban J connectivity index is 2.02. The van der Waals surface area contributed by atoms with E-state index in [9.17, 15) is 4.79 Å². The van der Waals surface area contributed by atoms with Gasteiger partial charge in [0.15, 0.2) is 6.10 Å². The van der Waals surface area contributed by atoms with Gasteiger partial charge in [-0.05, 0) is 42.0 Å². The van der Waals surface area contributed by atoms with Gasteiger partial charge in [0.25, 0.3) is 5.91 Å². The van der Waals surface area contributed by atoms with E-state index in [0.29, 0.717) is 17.9 Å². The molecule has 0 spiro atoms. The monoisotopic (exact) mass is 369 g/mol. The molecule has 0 aromatic heterocycles. The first-order valence-electron chi connectivity index (χ1n) is 9.46. The predicted octanol–water partition coefficient (Wildman–Crippen LogP) is 5.03. The number of hydrogen-bond acceptors (Lipinski definition) is 3. The Kier molecular flexibility index (Phi) is 6.89. The minimum absolute atomic E-state index is 0.0884. The van der Waals surface area contributed by atoms with E-state index in [1.807, 2.05) is 32.0 Å². The Hall–Kier alpha value is -2.49. The number of carbonyl (C=O) groups excluding carboxylic acids is 1. The summed E-state index contributed by atoms with van der Waals surface area (Å²) in [7, 11) is 1.61. The zero-order valence-electron chi connectivity index (χ0n) is 17.2. The summed E-state index contributed by atoms with van der Waals surface area (Å²) in [4.78, 5) is 12.7. The van der Waals surface area contributed by atoms with Crippen LogP contribution in [-0.4, -0.2) is 19.1 Å². The zero-order chi connectivity index (χ0) is 20.0. The SMILES string of the molecule is CC[C@@H](Oc1cccc(OC)c1)C(=O)N[C@@H](C)c1ccc(C(C)(C)C)cc1. The molecule has 0 heterocycles. The molecule has 146 valence electrons. The third-order valence-electron chi connectivity index (χ3n) is 4.62. The van der Waals surface area contributed by atoms with Crippen molar-refractivity contribution in [2.24, 2.45) is 0 Å². The van der Waals surface area contributed by atoms with Crippen LogP contribution in [0.5, 0.6) is 11.5 Å². The van der Waals surface area contributed by atoms with E-state index in [-0.39, 0.29) is 17.4 Å². The number of ether oxygens (including phenoxy) is 2. The molecule has 0 saturated heterocycles. The fraction of sp³-hybridized carbons (Fsp3) is 0.435. The minimum Gasteiger partial charge on any atom is -0.497 e. The van der Waals surface area contributed by atoms with E-state index in [0.717, 1.165) is 5.56 Å². The Morgan fingerprint density at radius 3 is 2.26 bits per heavy atom. The van der Waals surface area contributed by atoms with Gasteiger partial charge < -0.3 is 14.8 Å². The van der Waals surface area contributed by atoms with Crippen molar-refractivity contribution in [1.29, 1.82) is 0 Å². The molecule has 0 saturated carbocycles. The van der Waals surface area contributed by atoms with Crippen molar-refractivity contribution >= 4 is 5.91 Å². The predicted molar refractivity (Wildman–Crippen MR) is 109 cm³/mol. The smallest absolute Gasteiger partial charge is 0.261 e. The Morgan fingerprint density at radius 1 is 1.07 bits per heavy atom. The summed E-state index contributed by atoms with van der Waals surface area (Å²) < 4.78 is 11.1. The quantitative estimate of drug-likeness (QED) is 0.745. The van der Waals surface area contributed by atoms with E-state index in [1.54, 1.807) is 13.2 Å². The molecule has 0 aliphatic rings. The van der Waals surface area contributed by atoms with Crippen molar-refractivity contribution in [3.8, 4) is 11.5 Å². The maximum atomic E-state index is 12.7. The number of methoxy groups -OCH3 is 1. The molecule has 0 radical (unpaired) electrons. The molecule has 0 bridgehead atoms. The molecule has 0 unspecified atom stereocenters. The molecule has 27 heavy (non-hydrogen) atoms. The third-order valence-corrected chi connectivity index (χ3v) is 4.62. The number of hydrogen-bond donors (Lipinski definition) is 1. The van der Waals surface area contributed by atoms with Gasteiger partial charge in [-0.3, -0.25) is 4.79 Å². The fourth-order valence-corrected chi connectivity index (χ4v) is 2.82. The standard InChI is InChI=1S/C23H31NO3/c1-7-21(27-20-10-8-9-19(15-20)26-6)22(25)24-16(2)17-11-13-18(14-12-17)23(3,4)5/h8-16,21H,7H2,1-6H3,(H,24,25)/t16-,21+/m0/s1.